The average Bonchev–Trinajstić information content (AvgIpc) is 2.39. The zero-order chi connectivity index (χ0) is 15.0. The van der Waals surface area contributed by atoms with E-state index < -0.39 is 10.0 Å². The Balaban J connectivity index is 2.67. The highest BCUT2D eigenvalue weighted by atomic mass is 32.2. The molecule has 1 N–H and O–H groups in total. The lowest BCUT2D eigenvalue weighted by atomic mass is 10.1. The quantitative estimate of drug-likeness (QED) is 0.712. The molecule has 5 heteroatoms. The van der Waals surface area contributed by atoms with Crippen molar-refractivity contribution in [1.29, 1.82) is 0 Å². The van der Waals surface area contributed by atoms with Gasteiger partial charge in [0.25, 0.3) is 0 Å². The van der Waals surface area contributed by atoms with Crippen LogP contribution in [0, 0.1) is 0 Å². The molecule has 0 bridgehead atoms. The SMILES string of the molecule is CCCCCN(C)S(=O)(=O)Cc1cccc(CNC)c1. The topological polar surface area (TPSA) is 49.4 Å². The molecule has 1 aromatic rings. The fourth-order valence-corrected chi connectivity index (χ4v) is 3.31. The summed E-state index contributed by atoms with van der Waals surface area (Å²) < 4.78 is 26.0. The number of nitrogens with one attached hydrogen (secondary N) is 1. The highest BCUT2D eigenvalue weighted by Crippen LogP contribution is 2.12. The maximum Gasteiger partial charge on any atom is 0.218 e. The Morgan fingerprint density at radius 2 is 1.90 bits per heavy atom. The molecule has 0 amide bonds. The minimum Gasteiger partial charge on any atom is -0.316 e. The van der Waals surface area contributed by atoms with Gasteiger partial charge in [-0.1, -0.05) is 44.0 Å². The van der Waals surface area contributed by atoms with Crippen LogP contribution in [0.1, 0.15) is 37.3 Å². The standard InChI is InChI=1S/C15H26N2O2S/c1-4-5-6-10-17(3)20(18,19)13-15-9-7-8-14(11-15)12-16-2/h7-9,11,16H,4-6,10,12-13H2,1-3H3. The first kappa shape index (κ1) is 17.1. The first-order valence-corrected chi connectivity index (χ1v) is 8.77. The summed E-state index contributed by atoms with van der Waals surface area (Å²) in [4.78, 5) is 0. The molecule has 0 aromatic heterocycles. The third-order valence-corrected chi connectivity index (χ3v) is 5.10. The van der Waals surface area contributed by atoms with Crippen molar-refractivity contribution in [2.75, 3.05) is 20.6 Å². The highest BCUT2D eigenvalue weighted by Gasteiger charge is 2.18. The molecule has 0 aliphatic rings. The lowest BCUT2D eigenvalue weighted by Crippen LogP contribution is -2.29. The van der Waals surface area contributed by atoms with Gasteiger partial charge in [0.05, 0.1) is 5.75 Å². The molecule has 4 nitrogen and oxygen atoms in total. The van der Waals surface area contributed by atoms with E-state index >= 15 is 0 Å². The molecule has 0 atom stereocenters. The molecule has 1 aromatic carbocycles. The third-order valence-electron chi connectivity index (χ3n) is 3.27. The van der Waals surface area contributed by atoms with E-state index in [0.29, 0.717) is 6.54 Å². The van der Waals surface area contributed by atoms with Crippen LogP contribution in [-0.4, -0.2) is 33.4 Å². The minimum atomic E-state index is -3.21. The van der Waals surface area contributed by atoms with E-state index in [1.54, 1.807) is 7.05 Å². The van der Waals surface area contributed by atoms with Gasteiger partial charge in [-0.05, 0) is 24.6 Å². The molecule has 0 saturated heterocycles. The van der Waals surface area contributed by atoms with Crippen molar-refractivity contribution in [2.45, 2.75) is 38.5 Å². The largest absolute Gasteiger partial charge is 0.316 e. The van der Waals surface area contributed by atoms with E-state index in [0.717, 1.165) is 36.9 Å². The molecule has 114 valence electrons. The van der Waals surface area contributed by atoms with Crippen LogP contribution >= 0.6 is 0 Å². The molecule has 0 saturated carbocycles. The second-order valence-electron chi connectivity index (χ2n) is 5.14. The van der Waals surface area contributed by atoms with Gasteiger partial charge < -0.3 is 5.32 Å². The van der Waals surface area contributed by atoms with Gasteiger partial charge in [0, 0.05) is 20.1 Å². The second-order valence-corrected chi connectivity index (χ2v) is 7.21. The number of hydrogen-bond acceptors (Lipinski definition) is 3. The smallest absolute Gasteiger partial charge is 0.218 e. The number of benzene rings is 1. The zero-order valence-corrected chi connectivity index (χ0v) is 13.5. The van der Waals surface area contributed by atoms with Crippen LogP contribution < -0.4 is 5.32 Å². The summed E-state index contributed by atoms with van der Waals surface area (Å²) in [7, 11) is 0.336. The Morgan fingerprint density at radius 1 is 1.20 bits per heavy atom. The van der Waals surface area contributed by atoms with E-state index in [2.05, 4.69) is 12.2 Å². The first-order chi connectivity index (χ1) is 9.49. The fraction of sp³-hybridized carbons (Fsp3) is 0.600. The van der Waals surface area contributed by atoms with Crippen LogP contribution in [0.25, 0.3) is 0 Å². The van der Waals surface area contributed by atoms with Crippen LogP contribution in [-0.2, 0) is 22.3 Å². The van der Waals surface area contributed by atoms with Gasteiger partial charge >= 0.3 is 0 Å². The van der Waals surface area contributed by atoms with Crippen molar-refractivity contribution < 1.29 is 8.42 Å². The maximum absolute atomic E-state index is 12.3. The molecule has 0 heterocycles. The fourth-order valence-electron chi connectivity index (χ4n) is 2.08. The van der Waals surface area contributed by atoms with E-state index in [1.165, 1.54) is 4.31 Å². The van der Waals surface area contributed by atoms with Crippen molar-refractivity contribution in [3.63, 3.8) is 0 Å². The molecular formula is C15H26N2O2S. The van der Waals surface area contributed by atoms with Crippen molar-refractivity contribution in [1.82, 2.24) is 9.62 Å². The maximum atomic E-state index is 12.3. The van der Waals surface area contributed by atoms with Crippen LogP contribution in [0.4, 0.5) is 0 Å². The number of unbranched alkanes of at least 4 members (excludes halogenated alkanes) is 2. The van der Waals surface area contributed by atoms with Gasteiger partial charge in [0.1, 0.15) is 0 Å². The van der Waals surface area contributed by atoms with E-state index in [9.17, 15) is 8.42 Å². The molecule has 0 radical (unpaired) electrons. The molecule has 0 aliphatic carbocycles. The van der Waals surface area contributed by atoms with Gasteiger partial charge in [-0.2, -0.15) is 0 Å². The number of sulfonamides is 1. The molecule has 1 rings (SSSR count). The van der Waals surface area contributed by atoms with Crippen molar-refractivity contribution in [3.05, 3.63) is 35.4 Å². The minimum absolute atomic E-state index is 0.0766. The average molecular weight is 298 g/mol. The van der Waals surface area contributed by atoms with Crippen LogP contribution in [0.2, 0.25) is 0 Å². The number of hydrogen-bond donors (Lipinski definition) is 1. The number of nitrogens with zero attached hydrogens (tertiary/aromatic N) is 1. The summed E-state index contributed by atoms with van der Waals surface area (Å²) in [5.41, 5.74) is 1.95. The highest BCUT2D eigenvalue weighted by molar-refractivity contribution is 7.88. The van der Waals surface area contributed by atoms with Gasteiger partial charge in [-0.15, -0.1) is 0 Å². The van der Waals surface area contributed by atoms with Crippen molar-refractivity contribution in [2.24, 2.45) is 0 Å². The molecule has 0 unspecified atom stereocenters. The Hall–Kier alpha value is -0.910. The summed E-state index contributed by atoms with van der Waals surface area (Å²) in [5.74, 6) is 0.0766. The predicted octanol–water partition coefficient (Wildman–Crippen LogP) is 2.36. The summed E-state index contributed by atoms with van der Waals surface area (Å²) in [5, 5.41) is 3.07. The number of rotatable bonds is 9. The Kier molecular flexibility index (Phi) is 7.19. The van der Waals surface area contributed by atoms with E-state index in [-0.39, 0.29) is 5.75 Å². The van der Waals surface area contributed by atoms with Gasteiger partial charge in [-0.3, -0.25) is 0 Å². The summed E-state index contributed by atoms with van der Waals surface area (Å²) in [6, 6.07) is 7.73. The second kappa shape index (κ2) is 8.39. The van der Waals surface area contributed by atoms with E-state index in [4.69, 9.17) is 0 Å². The van der Waals surface area contributed by atoms with Gasteiger partial charge in [-0.25, -0.2) is 12.7 Å². The molecule has 0 fully saturated rings. The Labute approximate surface area is 123 Å². The zero-order valence-electron chi connectivity index (χ0n) is 12.7. The van der Waals surface area contributed by atoms with Crippen molar-refractivity contribution in [3.8, 4) is 0 Å². The van der Waals surface area contributed by atoms with Crippen molar-refractivity contribution >= 4 is 10.0 Å². The monoisotopic (exact) mass is 298 g/mol. The van der Waals surface area contributed by atoms with Crippen LogP contribution in [0.5, 0.6) is 0 Å². The summed E-state index contributed by atoms with van der Waals surface area (Å²) in [6.45, 7) is 3.47. The molecule has 0 spiro atoms. The Morgan fingerprint density at radius 3 is 2.55 bits per heavy atom. The lowest BCUT2D eigenvalue weighted by molar-refractivity contribution is 0.453. The normalized spacial score (nSPS) is 12.0. The predicted molar refractivity (Wildman–Crippen MR) is 84.0 cm³/mol. The van der Waals surface area contributed by atoms with Crippen LogP contribution in [0.3, 0.4) is 0 Å². The van der Waals surface area contributed by atoms with Gasteiger partial charge in [0.15, 0.2) is 0 Å². The van der Waals surface area contributed by atoms with Gasteiger partial charge in [0.2, 0.25) is 10.0 Å². The molecule has 20 heavy (non-hydrogen) atoms. The lowest BCUT2D eigenvalue weighted by Gasteiger charge is -2.17. The molecule has 0 aliphatic heterocycles. The first-order valence-electron chi connectivity index (χ1n) is 7.16. The third kappa shape index (κ3) is 5.61. The molecular weight excluding hydrogens is 272 g/mol. The summed E-state index contributed by atoms with van der Waals surface area (Å²) in [6.07, 6.45) is 3.09. The summed E-state index contributed by atoms with van der Waals surface area (Å²) >= 11 is 0. The van der Waals surface area contributed by atoms with E-state index in [1.807, 2.05) is 31.3 Å². The van der Waals surface area contributed by atoms with Crippen LogP contribution in [0.15, 0.2) is 24.3 Å². The Bertz CT molecular complexity index is 500.